The molecule has 1 aliphatic rings. The van der Waals surface area contributed by atoms with Gasteiger partial charge in [-0.1, -0.05) is 19.1 Å². The molecule has 0 bridgehead atoms. The highest BCUT2D eigenvalue weighted by Gasteiger charge is 2.27. The number of aliphatic hydroxyl groups is 1. The summed E-state index contributed by atoms with van der Waals surface area (Å²) < 4.78 is 0. The van der Waals surface area contributed by atoms with Gasteiger partial charge in [-0.3, -0.25) is 4.79 Å². The molecule has 1 atom stereocenters. The van der Waals surface area contributed by atoms with E-state index in [0.29, 0.717) is 6.42 Å². The zero-order valence-corrected chi connectivity index (χ0v) is 9.62. The number of nitrogens with one attached hydrogen (secondary N) is 1. The van der Waals surface area contributed by atoms with Crippen LogP contribution in [0.15, 0.2) is 12.2 Å². The van der Waals surface area contributed by atoms with Crippen LogP contribution in [-0.2, 0) is 4.79 Å². The largest absolute Gasteiger partial charge is 0.396 e. The molecule has 0 saturated carbocycles. The molecule has 1 rings (SSSR count). The summed E-state index contributed by atoms with van der Waals surface area (Å²) in [7, 11) is 0. The summed E-state index contributed by atoms with van der Waals surface area (Å²) in [6, 6.07) is 0. The van der Waals surface area contributed by atoms with E-state index in [9.17, 15) is 4.79 Å². The lowest BCUT2D eigenvalue weighted by Gasteiger charge is -2.30. The lowest BCUT2D eigenvalue weighted by Crippen LogP contribution is -2.48. The van der Waals surface area contributed by atoms with Crippen LogP contribution < -0.4 is 5.32 Å². The van der Waals surface area contributed by atoms with Crippen LogP contribution in [0.4, 0.5) is 0 Å². The molecular formula is C12H21NO2. The number of aliphatic hydroxyl groups excluding tert-OH is 1. The smallest absolute Gasteiger partial charge is 0.224 e. The highest BCUT2D eigenvalue weighted by atomic mass is 16.3. The molecule has 0 aromatic carbocycles. The fraction of sp³-hybridized carbons (Fsp3) is 0.750. The van der Waals surface area contributed by atoms with Crippen LogP contribution in [0.2, 0.25) is 0 Å². The first-order chi connectivity index (χ1) is 7.11. The van der Waals surface area contributed by atoms with E-state index in [0.717, 1.165) is 19.3 Å². The Labute approximate surface area is 91.6 Å². The molecule has 1 aliphatic carbocycles. The molecule has 86 valence electrons. The molecule has 0 aromatic rings. The Morgan fingerprint density at radius 3 is 2.60 bits per heavy atom. The standard InChI is InChI=1S/C12H21NO2/c1-3-12(2,8-9-14)13-11(15)10-6-4-5-7-10/h4-5,10,14H,3,6-9H2,1-2H3,(H,13,15). The Kier molecular flexibility index (Phi) is 4.33. The van der Waals surface area contributed by atoms with Gasteiger partial charge in [-0.25, -0.2) is 0 Å². The SMILES string of the molecule is CCC(C)(CCO)NC(=O)C1CC=CC1. The van der Waals surface area contributed by atoms with Gasteiger partial charge in [0.15, 0.2) is 0 Å². The van der Waals surface area contributed by atoms with E-state index >= 15 is 0 Å². The Bertz CT molecular complexity index is 242. The van der Waals surface area contributed by atoms with Crippen LogP contribution in [0.25, 0.3) is 0 Å². The van der Waals surface area contributed by atoms with Gasteiger partial charge in [0.1, 0.15) is 0 Å². The fourth-order valence-electron chi connectivity index (χ4n) is 1.81. The van der Waals surface area contributed by atoms with Crippen molar-refractivity contribution in [3.8, 4) is 0 Å². The van der Waals surface area contributed by atoms with Crippen LogP contribution in [0.5, 0.6) is 0 Å². The van der Waals surface area contributed by atoms with Gasteiger partial charge in [0.2, 0.25) is 5.91 Å². The number of allylic oxidation sites excluding steroid dienone is 2. The minimum absolute atomic E-state index is 0.106. The summed E-state index contributed by atoms with van der Waals surface area (Å²) in [5.74, 6) is 0.229. The Balaban J connectivity index is 2.47. The van der Waals surface area contributed by atoms with Gasteiger partial charge in [0.05, 0.1) is 0 Å². The van der Waals surface area contributed by atoms with Crippen LogP contribution in [0.1, 0.15) is 39.5 Å². The number of carbonyl (C=O) groups is 1. The monoisotopic (exact) mass is 211 g/mol. The van der Waals surface area contributed by atoms with Crippen LogP contribution >= 0.6 is 0 Å². The maximum absolute atomic E-state index is 11.9. The van der Waals surface area contributed by atoms with Crippen molar-refractivity contribution in [3.05, 3.63) is 12.2 Å². The first-order valence-corrected chi connectivity index (χ1v) is 5.69. The second-order valence-corrected chi connectivity index (χ2v) is 4.52. The van der Waals surface area contributed by atoms with E-state index in [1.54, 1.807) is 0 Å². The number of rotatable bonds is 5. The summed E-state index contributed by atoms with van der Waals surface area (Å²) in [6.07, 6.45) is 7.28. The predicted octanol–water partition coefficient (Wildman–Crippen LogP) is 1.62. The molecule has 3 nitrogen and oxygen atoms in total. The highest BCUT2D eigenvalue weighted by Crippen LogP contribution is 2.21. The fourth-order valence-corrected chi connectivity index (χ4v) is 1.81. The van der Waals surface area contributed by atoms with Gasteiger partial charge in [-0.05, 0) is 32.6 Å². The molecule has 0 radical (unpaired) electrons. The third-order valence-corrected chi connectivity index (χ3v) is 3.25. The van der Waals surface area contributed by atoms with Crippen LogP contribution in [0.3, 0.4) is 0 Å². The number of amides is 1. The van der Waals surface area contributed by atoms with Gasteiger partial charge in [-0.2, -0.15) is 0 Å². The number of hydrogen-bond acceptors (Lipinski definition) is 2. The van der Waals surface area contributed by atoms with Gasteiger partial charge in [-0.15, -0.1) is 0 Å². The zero-order valence-electron chi connectivity index (χ0n) is 9.62. The van der Waals surface area contributed by atoms with Gasteiger partial charge < -0.3 is 10.4 Å². The van der Waals surface area contributed by atoms with E-state index in [1.807, 2.05) is 13.8 Å². The summed E-state index contributed by atoms with van der Waals surface area (Å²) in [5, 5.41) is 12.0. The third kappa shape index (κ3) is 3.34. The topological polar surface area (TPSA) is 49.3 Å². The van der Waals surface area contributed by atoms with Crippen molar-refractivity contribution in [2.45, 2.75) is 45.1 Å². The number of carbonyl (C=O) groups excluding carboxylic acids is 1. The Morgan fingerprint density at radius 2 is 2.13 bits per heavy atom. The van der Waals surface area contributed by atoms with Crippen molar-refractivity contribution < 1.29 is 9.90 Å². The summed E-state index contributed by atoms with van der Waals surface area (Å²) >= 11 is 0. The van der Waals surface area contributed by atoms with Crippen molar-refractivity contribution in [1.29, 1.82) is 0 Å². The van der Waals surface area contributed by atoms with E-state index in [2.05, 4.69) is 17.5 Å². The molecule has 0 aromatic heterocycles. The number of hydrogen-bond donors (Lipinski definition) is 2. The highest BCUT2D eigenvalue weighted by molar-refractivity contribution is 5.80. The van der Waals surface area contributed by atoms with E-state index in [-0.39, 0.29) is 24.0 Å². The quantitative estimate of drug-likeness (QED) is 0.679. The maximum atomic E-state index is 11.9. The van der Waals surface area contributed by atoms with Crippen molar-refractivity contribution >= 4 is 5.91 Å². The van der Waals surface area contributed by atoms with Crippen molar-refractivity contribution in [2.24, 2.45) is 5.92 Å². The van der Waals surface area contributed by atoms with Crippen molar-refractivity contribution in [2.75, 3.05) is 6.61 Å². The molecule has 0 spiro atoms. The molecule has 15 heavy (non-hydrogen) atoms. The average molecular weight is 211 g/mol. The average Bonchev–Trinajstić information content (AvgIpc) is 2.71. The van der Waals surface area contributed by atoms with Crippen molar-refractivity contribution in [1.82, 2.24) is 5.32 Å². The van der Waals surface area contributed by atoms with E-state index in [4.69, 9.17) is 5.11 Å². The van der Waals surface area contributed by atoms with Gasteiger partial charge in [0, 0.05) is 18.1 Å². The Morgan fingerprint density at radius 1 is 1.53 bits per heavy atom. The first kappa shape index (κ1) is 12.2. The molecule has 1 amide bonds. The van der Waals surface area contributed by atoms with E-state index < -0.39 is 0 Å². The minimum Gasteiger partial charge on any atom is -0.396 e. The molecule has 0 aliphatic heterocycles. The normalized spacial score (nSPS) is 20.2. The second-order valence-electron chi connectivity index (χ2n) is 4.52. The zero-order chi connectivity index (χ0) is 11.3. The van der Waals surface area contributed by atoms with Crippen LogP contribution in [0, 0.1) is 5.92 Å². The summed E-state index contributed by atoms with van der Waals surface area (Å²) in [6.45, 7) is 4.14. The molecule has 2 N–H and O–H groups in total. The molecule has 3 heteroatoms. The second kappa shape index (κ2) is 5.31. The van der Waals surface area contributed by atoms with E-state index in [1.165, 1.54) is 0 Å². The third-order valence-electron chi connectivity index (χ3n) is 3.25. The molecule has 0 saturated heterocycles. The molecule has 1 unspecified atom stereocenters. The first-order valence-electron chi connectivity index (χ1n) is 5.69. The minimum atomic E-state index is -0.256. The lowest BCUT2D eigenvalue weighted by molar-refractivity contribution is -0.126. The van der Waals surface area contributed by atoms with Gasteiger partial charge in [0.25, 0.3) is 0 Å². The van der Waals surface area contributed by atoms with Crippen LogP contribution in [-0.4, -0.2) is 23.2 Å². The lowest BCUT2D eigenvalue weighted by atomic mass is 9.93. The van der Waals surface area contributed by atoms with Crippen molar-refractivity contribution in [3.63, 3.8) is 0 Å². The maximum Gasteiger partial charge on any atom is 0.224 e. The summed E-state index contributed by atoms with van der Waals surface area (Å²) in [5.41, 5.74) is -0.256. The molecular weight excluding hydrogens is 190 g/mol. The predicted molar refractivity (Wildman–Crippen MR) is 60.4 cm³/mol. The molecule has 0 fully saturated rings. The van der Waals surface area contributed by atoms with Gasteiger partial charge >= 0.3 is 0 Å². The summed E-state index contributed by atoms with van der Waals surface area (Å²) in [4.78, 5) is 11.9. The molecule has 0 heterocycles. The Hall–Kier alpha value is -0.830.